The lowest BCUT2D eigenvalue weighted by Gasteiger charge is -2.31. The molecule has 0 aliphatic rings. The molecule has 1 N–H and O–H groups in total. The van der Waals surface area contributed by atoms with Gasteiger partial charge in [-0.3, -0.25) is 9.59 Å². The molecular weight excluding hydrogens is 407 g/mol. The van der Waals surface area contributed by atoms with Crippen LogP contribution in [-0.2, 0) is 22.6 Å². The van der Waals surface area contributed by atoms with Crippen molar-refractivity contribution in [2.24, 2.45) is 0 Å². The molecule has 0 radical (unpaired) electrons. The van der Waals surface area contributed by atoms with Gasteiger partial charge in [0.25, 0.3) is 0 Å². The second-order valence-electron chi connectivity index (χ2n) is 8.35. The van der Waals surface area contributed by atoms with E-state index in [-0.39, 0.29) is 30.3 Å². The van der Waals surface area contributed by atoms with E-state index in [1.54, 1.807) is 24.0 Å². The summed E-state index contributed by atoms with van der Waals surface area (Å²) in [4.78, 5) is 27.5. The van der Waals surface area contributed by atoms with Crippen molar-refractivity contribution in [3.05, 3.63) is 69.2 Å². The maximum atomic E-state index is 13.2. The Morgan fingerprint density at radius 2 is 1.72 bits per heavy atom. The number of carbonyl (C=O) groups excluding carboxylic acids is 2. The van der Waals surface area contributed by atoms with E-state index in [4.69, 9.17) is 23.2 Å². The molecule has 156 valence electrons. The Labute approximate surface area is 183 Å². The third kappa shape index (κ3) is 7.06. The molecule has 0 saturated carbocycles. The summed E-state index contributed by atoms with van der Waals surface area (Å²) in [5, 5.41) is 3.82. The number of rotatable bonds is 6. The van der Waals surface area contributed by atoms with Gasteiger partial charge in [-0.25, -0.2) is 0 Å². The van der Waals surface area contributed by atoms with E-state index in [2.05, 4.69) is 5.32 Å². The number of aryl methyl sites for hydroxylation is 1. The Morgan fingerprint density at radius 3 is 2.31 bits per heavy atom. The third-order valence-corrected chi connectivity index (χ3v) is 5.18. The Kier molecular flexibility index (Phi) is 7.73. The van der Waals surface area contributed by atoms with Gasteiger partial charge in [0.15, 0.2) is 0 Å². The number of nitrogens with zero attached hydrogens (tertiary/aromatic N) is 1. The first-order chi connectivity index (χ1) is 13.5. The molecule has 0 bridgehead atoms. The summed E-state index contributed by atoms with van der Waals surface area (Å²) in [5.74, 6) is -0.326. The molecule has 0 aromatic heterocycles. The van der Waals surface area contributed by atoms with Crippen LogP contribution in [0.15, 0.2) is 42.5 Å². The molecule has 1 atom stereocenters. The van der Waals surface area contributed by atoms with E-state index >= 15 is 0 Å². The minimum atomic E-state index is -0.638. The average molecular weight is 435 g/mol. The van der Waals surface area contributed by atoms with Crippen LogP contribution in [0.5, 0.6) is 0 Å². The summed E-state index contributed by atoms with van der Waals surface area (Å²) in [6.07, 6.45) is 0.218. The van der Waals surface area contributed by atoms with Gasteiger partial charge in [-0.2, -0.15) is 0 Å². The van der Waals surface area contributed by atoms with Gasteiger partial charge >= 0.3 is 0 Å². The monoisotopic (exact) mass is 434 g/mol. The van der Waals surface area contributed by atoms with Gasteiger partial charge < -0.3 is 10.2 Å². The molecule has 2 rings (SSSR count). The Bertz CT molecular complexity index is 891. The molecule has 0 saturated heterocycles. The number of hydrogen-bond acceptors (Lipinski definition) is 2. The van der Waals surface area contributed by atoms with Crippen molar-refractivity contribution in [3.63, 3.8) is 0 Å². The molecule has 2 amide bonds. The minimum absolute atomic E-state index is 0.127. The highest BCUT2D eigenvalue weighted by molar-refractivity contribution is 6.42. The second kappa shape index (κ2) is 9.64. The van der Waals surface area contributed by atoms with Crippen molar-refractivity contribution in [3.8, 4) is 0 Å². The lowest BCUT2D eigenvalue weighted by Crippen LogP contribution is -2.52. The summed E-state index contributed by atoms with van der Waals surface area (Å²) >= 11 is 12.1. The van der Waals surface area contributed by atoms with E-state index in [0.717, 1.165) is 16.7 Å². The standard InChI is InChI=1S/C23H28Cl2N2O2/c1-15-7-6-8-17(11-15)13-21(28)27(16(2)22(29)26-23(3,4)5)14-18-9-10-19(24)20(25)12-18/h6-12,16H,13-14H2,1-5H3,(H,26,29). The molecule has 6 heteroatoms. The summed E-state index contributed by atoms with van der Waals surface area (Å²) in [6, 6.07) is 12.4. The van der Waals surface area contributed by atoms with Crippen LogP contribution < -0.4 is 5.32 Å². The summed E-state index contributed by atoms with van der Waals surface area (Å²) in [5.41, 5.74) is 2.43. The molecule has 29 heavy (non-hydrogen) atoms. The Balaban J connectivity index is 2.28. The molecule has 0 aliphatic carbocycles. The van der Waals surface area contributed by atoms with Crippen LogP contribution in [0, 0.1) is 6.92 Å². The Morgan fingerprint density at radius 1 is 1.03 bits per heavy atom. The van der Waals surface area contributed by atoms with Gasteiger partial charge in [0.2, 0.25) is 11.8 Å². The van der Waals surface area contributed by atoms with Gasteiger partial charge in [0.1, 0.15) is 6.04 Å². The van der Waals surface area contributed by atoms with Gasteiger partial charge in [0.05, 0.1) is 16.5 Å². The van der Waals surface area contributed by atoms with E-state index in [9.17, 15) is 9.59 Å². The fourth-order valence-electron chi connectivity index (χ4n) is 2.99. The smallest absolute Gasteiger partial charge is 0.242 e. The summed E-state index contributed by atoms with van der Waals surface area (Å²) in [6.45, 7) is 9.73. The molecule has 1 unspecified atom stereocenters. The van der Waals surface area contributed by atoms with Gasteiger partial charge in [0, 0.05) is 12.1 Å². The zero-order valence-electron chi connectivity index (χ0n) is 17.6. The van der Waals surface area contributed by atoms with Crippen LogP contribution in [0.4, 0.5) is 0 Å². The van der Waals surface area contributed by atoms with E-state index in [1.165, 1.54) is 0 Å². The van der Waals surface area contributed by atoms with Crippen LogP contribution in [0.2, 0.25) is 10.0 Å². The lowest BCUT2D eigenvalue weighted by atomic mass is 10.1. The predicted octanol–water partition coefficient (Wildman–Crippen LogP) is 5.18. The topological polar surface area (TPSA) is 49.4 Å². The van der Waals surface area contributed by atoms with Gasteiger partial charge in [-0.1, -0.05) is 59.1 Å². The molecular formula is C23H28Cl2N2O2. The first-order valence-corrected chi connectivity index (χ1v) is 10.3. The quantitative estimate of drug-likeness (QED) is 0.680. The van der Waals surface area contributed by atoms with Crippen molar-refractivity contribution in [1.82, 2.24) is 10.2 Å². The van der Waals surface area contributed by atoms with E-state index < -0.39 is 6.04 Å². The zero-order chi connectivity index (χ0) is 21.8. The van der Waals surface area contributed by atoms with Gasteiger partial charge in [-0.15, -0.1) is 0 Å². The molecule has 0 heterocycles. The maximum absolute atomic E-state index is 13.2. The lowest BCUT2D eigenvalue weighted by molar-refractivity contribution is -0.140. The molecule has 0 aliphatic heterocycles. The first kappa shape index (κ1) is 23.2. The summed E-state index contributed by atoms with van der Waals surface area (Å²) in [7, 11) is 0. The minimum Gasteiger partial charge on any atom is -0.350 e. The highest BCUT2D eigenvalue weighted by Gasteiger charge is 2.28. The Hall–Kier alpha value is -2.04. The van der Waals surface area contributed by atoms with Crippen molar-refractivity contribution < 1.29 is 9.59 Å². The van der Waals surface area contributed by atoms with Crippen molar-refractivity contribution in [2.45, 2.75) is 59.2 Å². The number of halogens is 2. The van der Waals surface area contributed by atoms with Crippen LogP contribution in [0.25, 0.3) is 0 Å². The molecule has 2 aromatic carbocycles. The third-order valence-electron chi connectivity index (χ3n) is 4.44. The normalized spacial score (nSPS) is 12.4. The van der Waals surface area contributed by atoms with E-state index in [0.29, 0.717) is 10.0 Å². The number of carbonyl (C=O) groups is 2. The molecule has 4 nitrogen and oxygen atoms in total. The predicted molar refractivity (Wildman–Crippen MR) is 119 cm³/mol. The van der Waals surface area contributed by atoms with Crippen LogP contribution in [-0.4, -0.2) is 28.3 Å². The van der Waals surface area contributed by atoms with Crippen LogP contribution >= 0.6 is 23.2 Å². The highest BCUT2D eigenvalue weighted by Crippen LogP contribution is 2.24. The van der Waals surface area contributed by atoms with Crippen molar-refractivity contribution in [2.75, 3.05) is 0 Å². The van der Waals surface area contributed by atoms with Crippen LogP contribution in [0.1, 0.15) is 44.4 Å². The fourth-order valence-corrected chi connectivity index (χ4v) is 3.31. The summed E-state index contributed by atoms with van der Waals surface area (Å²) < 4.78 is 0. The van der Waals surface area contributed by atoms with Crippen molar-refractivity contribution >= 4 is 35.0 Å². The molecule has 2 aromatic rings. The average Bonchev–Trinajstić information content (AvgIpc) is 2.60. The number of nitrogens with one attached hydrogen (secondary N) is 1. The SMILES string of the molecule is Cc1cccc(CC(=O)N(Cc2ccc(Cl)c(Cl)c2)C(C)C(=O)NC(C)(C)C)c1. The number of benzene rings is 2. The van der Waals surface area contributed by atoms with E-state index in [1.807, 2.05) is 58.0 Å². The highest BCUT2D eigenvalue weighted by atomic mass is 35.5. The zero-order valence-corrected chi connectivity index (χ0v) is 19.1. The van der Waals surface area contributed by atoms with Crippen LogP contribution in [0.3, 0.4) is 0 Å². The number of hydrogen-bond donors (Lipinski definition) is 1. The molecule has 0 spiro atoms. The molecule has 0 fully saturated rings. The van der Waals surface area contributed by atoms with Gasteiger partial charge in [-0.05, 0) is 57.9 Å². The van der Waals surface area contributed by atoms with Crippen molar-refractivity contribution in [1.29, 1.82) is 0 Å². The fraction of sp³-hybridized carbons (Fsp3) is 0.391. The maximum Gasteiger partial charge on any atom is 0.242 e. The first-order valence-electron chi connectivity index (χ1n) is 9.57. The number of amides is 2. The second-order valence-corrected chi connectivity index (χ2v) is 9.17. The largest absolute Gasteiger partial charge is 0.350 e.